The second-order valence-electron chi connectivity index (χ2n) is 4.56. The lowest BCUT2D eigenvalue weighted by Gasteiger charge is -2.18. The number of amides is 1. The highest BCUT2D eigenvalue weighted by molar-refractivity contribution is 5.96. The van der Waals surface area contributed by atoms with Crippen LogP contribution in [0.4, 0.5) is 0 Å². The molecule has 0 aliphatic rings. The number of nitrogens with zero attached hydrogens (tertiary/aromatic N) is 1. The summed E-state index contributed by atoms with van der Waals surface area (Å²) in [5.41, 5.74) is 1.63. The van der Waals surface area contributed by atoms with E-state index in [1.807, 2.05) is 12.1 Å². The van der Waals surface area contributed by atoms with Crippen LogP contribution in [-0.2, 0) is 11.2 Å². The molecule has 1 aromatic carbocycles. The lowest BCUT2D eigenvalue weighted by atomic mass is 10.1. The summed E-state index contributed by atoms with van der Waals surface area (Å²) in [6, 6.07) is 7.24. The van der Waals surface area contributed by atoms with E-state index >= 15 is 0 Å². The molecule has 0 radical (unpaired) electrons. The van der Waals surface area contributed by atoms with Gasteiger partial charge in [0.1, 0.15) is 6.54 Å². The maximum Gasteiger partial charge on any atom is 0.323 e. The van der Waals surface area contributed by atoms with E-state index in [1.54, 1.807) is 12.1 Å². The molecule has 20 heavy (non-hydrogen) atoms. The number of carboxylic acids is 1. The van der Waals surface area contributed by atoms with Crippen LogP contribution in [0.3, 0.4) is 0 Å². The third-order valence-corrected chi connectivity index (χ3v) is 2.92. The van der Waals surface area contributed by atoms with Crippen molar-refractivity contribution < 1.29 is 14.7 Å². The standard InChI is InChI=1S/C16H19NO3/c1-3-5-6-13-7-9-14(10-8-13)16(20)17(11-4-2)12-15(18)19/h2,7-10H,3,5-6,11-12H2,1H3,(H,18,19). The van der Waals surface area contributed by atoms with Crippen molar-refractivity contribution in [2.75, 3.05) is 13.1 Å². The number of rotatable bonds is 7. The van der Waals surface area contributed by atoms with Gasteiger partial charge in [0.15, 0.2) is 0 Å². The van der Waals surface area contributed by atoms with E-state index in [9.17, 15) is 9.59 Å². The summed E-state index contributed by atoms with van der Waals surface area (Å²) in [5, 5.41) is 8.79. The molecular weight excluding hydrogens is 254 g/mol. The highest BCUT2D eigenvalue weighted by Crippen LogP contribution is 2.10. The fourth-order valence-corrected chi connectivity index (χ4v) is 1.85. The van der Waals surface area contributed by atoms with Crippen molar-refractivity contribution in [2.24, 2.45) is 0 Å². The van der Waals surface area contributed by atoms with Crippen molar-refractivity contribution in [1.82, 2.24) is 4.90 Å². The van der Waals surface area contributed by atoms with Gasteiger partial charge in [0.25, 0.3) is 5.91 Å². The quantitative estimate of drug-likeness (QED) is 0.775. The molecule has 0 aromatic heterocycles. The first kappa shape index (κ1) is 15.8. The van der Waals surface area contributed by atoms with Gasteiger partial charge in [-0.15, -0.1) is 6.42 Å². The molecule has 1 rings (SSSR count). The SMILES string of the molecule is C#CCN(CC(=O)O)C(=O)c1ccc(CCCC)cc1. The molecule has 0 unspecified atom stereocenters. The number of carbonyl (C=O) groups is 2. The molecule has 0 heterocycles. The molecule has 106 valence electrons. The maximum absolute atomic E-state index is 12.2. The van der Waals surface area contributed by atoms with Gasteiger partial charge in [0.2, 0.25) is 0 Å². The minimum Gasteiger partial charge on any atom is -0.480 e. The smallest absolute Gasteiger partial charge is 0.323 e. The van der Waals surface area contributed by atoms with Gasteiger partial charge in [-0.05, 0) is 30.5 Å². The number of hydrogen-bond donors (Lipinski definition) is 1. The fraction of sp³-hybridized carbons (Fsp3) is 0.375. The second kappa shape index (κ2) is 8.00. The maximum atomic E-state index is 12.2. The Hall–Kier alpha value is -2.28. The summed E-state index contributed by atoms with van der Waals surface area (Å²) in [5.74, 6) is 0.875. The van der Waals surface area contributed by atoms with Crippen LogP contribution < -0.4 is 0 Å². The first-order chi connectivity index (χ1) is 9.58. The van der Waals surface area contributed by atoms with E-state index in [2.05, 4.69) is 12.8 Å². The third kappa shape index (κ3) is 4.77. The molecule has 4 nitrogen and oxygen atoms in total. The highest BCUT2D eigenvalue weighted by atomic mass is 16.4. The number of aliphatic carboxylic acids is 1. The van der Waals surface area contributed by atoms with Crippen LogP contribution in [0, 0.1) is 12.3 Å². The van der Waals surface area contributed by atoms with Crippen LogP contribution in [0.25, 0.3) is 0 Å². The topological polar surface area (TPSA) is 57.6 Å². The molecule has 0 spiro atoms. The van der Waals surface area contributed by atoms with E-state index in [-0.39, 0.29) is 19.0 Å². The Bertz CT molecular complexity index is 499. The Morgan fingerprint density at radius 2 is 1.95 bits per heavy atom. The Balaban J connectivity index is 2.78. The molecule has 0 aliphatic heterocycles. The van der Waals surface area contributed by atoms with Gasteiger partial charge in [-0.1, -0.05) is 31.4 Å². The summed E-state index contributed by atoms with van der Waals surface area (Å²) >= 11 is 0. The minimum atomic E-state index is -1.08. The van der Waals surface area contributed by atoms with E-state index in [0.717, 1.165) is 24.2 Å². The van der Waals surface area contributed by atoms with Gasteiger partial charge in [-0.2, -0.15) is 0 Å². The van der Waals surface area contributed by atoms with Crippen LogP contribution in [0.2, 0.25) is 0 Å². The number of carbonyl (C=O) groups excluding carboxylic acids is 1. The highest BCUT2D eigenvalue weighted by Gasteiger charge is 2.17. The zero-order chi connectivity index (χ0) is 15.0. The zero-order valence-electron chi connectivity index (χ0n) is 11.6. The van der Waals surface area contributed by atoms with Gasteiger partial charge < -0.3 is 10.0 Å². The number of benzene rings is 1. The molecular formula is C16H19NO3. The van der Waals surface area contributed by atoms with Crippen molar-refractivity contribution >= 4 is 11.9 Å². The fourth-order valence-electron chi connectivity index (χ4n) is 1.85. The summed E-state index contributed by atoms with van der Waals surface area (Å²) < 4.78 is 0. The molecule has 0 atom stereocenters. The number of carboxylic acid groups (broad SMARTS) is 1. The molecule has 1 aromatic rings. The second-order valence-corrected chi connectivity index (χ2v) is 4.56. The Labute approximate surface area is 119 Å². The molecule has 0 fully saturated rings. The first-order valence-corrected chi connectivity index (χ1v) is 6.62. The third-order valence-electron chi connectivity index (χ3n) is 2.92. The minimum absolute atomic E-state index is 0.0112. The summed E-state index contributed by atoms with van der Waals surface area (Å²) in [6.07, 6.45) is 8.37. The van der Waals surface area contributed by atoms with Gasteiger partial charge >= 0.3 is 5.97 Å². The van der Waals surface area contributed by atoms with Crippen molar-refractivity contribution in [3.05, 3.63) is 35.4 Å². The van der Waals surface area contributed by atoms with Gasteiger partial charge in [0.05, 0.1) is 6.54 Å². The van der Waals surface area contributed by atoms with Crippen LogP contribution in [0.1, 0.15) is 35.7 Å². The predicted molar refractivity (Wildman–Crippen MR) is 77.4 cm³/mol. The summed E-state index contributed by atoms with van der Waals surface area (Å²) in [7, 11) is 0. The van der Waals surface area contributed by atoms with Gasteiger partial charge in [0, 0.05) is 5.56 Å². The predicted octanol–water partition coefficient (Wildman–Crippen LogP) is 2.19. The summed E-state index contributed by atoms with van der Waals surface area (Å²) in [4.78, 5) is 24.0. The largest absolute Gasteiger partial charge is 0.480 e. The monoisotopic (exact) mass is 273 g/mol. The van der Waals surface area contributed by atoms with E-state index < -0.39 is 5.97 Å². The number of hydrogen-bond acceptors (Lipinski definition) is 2. The first-order valence-electron chi connectivity index (χ1n) is 6.62. The lowest BCUT2D eigenvalue weighted by Crippen LogP contribution is -2.35. The van der Waals surface area contributed by atoms with Gasteiger partial charge in [-0.25, -0.2) is 0 Å². The number of terminal acetylenes is 1. The molecule has 0 saturated heterocycles. The number of aryl methyl sites for hydroxylation is 1. The average Bonchev–Trinajstić information content (AvgIpc) is 2.44. The average molecular weight is 273 g/mol. The molecule has 1 N–H and O–H groups in total. The zero-order valence-corrected chi connectivity index (χ0v) is 11.6. The Morgan fingerprint density at radius 1 is 1.30 bits per heavy atom. The Morgan fingerprint density at radius 3 is 2.45 bits per heavy atom. The summed E-state index contributed by atoms with van der Waals surface area (Å²) in [6.45, 7) is 1.73. The van der Waals surface area contributed by atoms with E-state index in [1.165, 1.54) is 5.56 Å². The molecule has 0 aliphatic carbocycles. The van der Waals surface area contributed by atoms with Crippen LogP contribution in [-0.4, -0.2) is 35.0 Å². The molecule has 4 heteroatoms. The van der Waals surface area contributed by atoms with Crippen molar-refractivity contribution in [3.8, 4) is 12.3 Å². The van der Waals surface area contributed by atoms with E-state index in [4.69, 9.17) is 11.5 Å². The van der Waals surface area contributed by atoms with Gasteiger partial charge in [-0.3, -0.25) is 9.59 Å². The number of unbranched alkanes of at least 4 members (excludes halogenated alkanes) is 1. The van der Waals surface area contributed by atoms with Crippen molar-refractivity contribution in [2.45, 2.75) is 26.2 Å². The van der Waals surface area contributed by atoms with E-state index in [0.29, 0.717) is 5.56 Å². The lowest BCUT2D eigenvalue weighted by molar-refractivity contribution is -0.137. The van der Waals surface area contributed by atoms with Crippen LogP contribution in [0.15, 0.2) is 24.3 Å². The van der Waals surface area contributed by atoms with Crippen molar-refractivity contribution in [3.63, 3.8) is 0 Å². The normalized spacial score (nSPS) is 9.80. The van der Waals surface area contributed by atoms with Crippen LogP contribution in [0.5, 0.6) is 0 Å². The molecule has 0 saturated carbocycles. The Kier molecular flexibility index (Phi) is 6.31. The van der Waals surface area contributed by atoms with Crippen LogP contribution >= 0.6 is 0 Å². The molecule has 0 bridgehead atoms. The van der Waals surface area contributed by atoms with Crippen molar-refractivity contribution in [1.29, 1.82) is 0 Å². The molecule has 1 amide bonds.